The van der Waals surface area contributed by atoms with Crippen molar-refractivity contribution in [3.63, 3.8) is 0 Å². The van der Waals surface area contributed by atoms with Crippen LogP contribution < -0.4 is 5.73 Å². The molecule has 0 fully saturated rings. The number of nitrogens with two attached hydrogens (primary N) is 1. The van der Waals surface area contributed by atoms with Gasteiger partial charge in [0.05, 0.1) is 18.1 Å². The molecule has 2 aromatic rings. The summed E-state index contributed by atoms with van der Waals surface area (Å²) in [6.45, 7) is 0. The summed E-state index contributed by atoms with van der Waals surface area (Å²) >= 11 is 1.52. The number of aromatic nitrogens is 3. The van der Waals surface area contributed by atoms with Crippen molar-refractivity contribution in [2.75, 3.05) is 5.73 Å². The molecule has 0 aliphatic heterocycles. The summed E-state index contributed by atoms with van der Waals surface area (Å²) in [5.74, 6) is 0. The first-order chi connectivity index (χ1) is 5.38. The predicted octanol–water partition coefficient (Wildman–Crippen LogP) is 0.911. The van der Waals surface area contributed by atoms with Crippen LogP contribution in [0.3, 0.4) is 0 Å². The van der Waals surface area contributed by atoms with Crippen LogP contribution in [0.1, 0.15) is 0 Å². The molecule has 0 radical (unpaired) electrons. The third-order valence-electron chi connectivity index (χ3n) is 1.27. The Bertz CT molecular complexity index is 337. The Hall–Kier alpha value is -1.36. The molecule has 0 saturated heterocycles. The molecule has 0 aliphatic rings. The molecular weight excluding hydrogens is 160 g/mol. The fourth-order valence-electron chi connectivity index (χ4n) is 0.794. The van der Waals surface area contributed by atoms with E-state index >= 15 is 0 Å². The van der Waals surface area contributed by atoms with Crippen LogP contribution >= 0.6 is 11.3 Å². The van der Waals surface area contributed by atoms with Crippen molar-refractivity contribution in [2.24, 2.45) is 0 Å². The molecule has 2 N–H and O–H groups in total. The minimum atomic E-state index is 0.714. The van der Waals surface area contributed by atoms with Crippen LogP contribution in [0, 0.1) is 0 Å². The van der Waals surface area contributed by atoms with E-state index in [0.717, 1.165) is 5.00 Å². The lowest BCUT2D eigenvalue weighted by Gasteiger charge is -1.94. The summed E-state index contributed by atoms with van der Waals surface area (Å²) in [5, 5.41) is 10.7. The van der Waals surface area contributed by atoms with Crippen LogP contribution in [0.5, 0.6) is 0 Å². The molecule has 2 rings (SSSR count). The van der Waals surface area contributed by atoms with Gasteiger partial charge in [0, 0.05) is 0 Å². The van der Waals surface area contributed by atoms with Gasteiger partial charge in [-0.05, 0) is 11.4 Å². The number of hydrogen-bond donors (Lipinski definition) is 1. The first-order valence-corrected chi connectivity index (χ1v) is 3.95. The second kappa shape index (κ2) is 2.35. The Kier molecular flexibility index (Phi) is 1.36. The summed E-state index contributed by atoms with van der Waals surface area (Å²) in [6.07, 6.45) is 3.25. The van der Waals surface area contributed by atoms with E-state index in [2.05, 4.69) is 10.2 Å². The Morgan fingerprint density at radius 1 is 1.36 bits per heavy atom. The van der Waals surface area contributed by atoms with E-state index in [1.54, 1.807) is 12.4 Å². The topological polar surface area (TPSA) is 56.7 Å². The summed E-state index contributed by atoms with van der Waals surface area (Å²) in [4.78, 5) is 1.51. The lowest BCUT2D eigenvalue weighted by Crippen LogP contribution is -1.98. The molecule has 5 heteroatoms. The van der Waals surface area contributed by atoms with E-state index in [1.807, 2.05) is 11.4 Å². The fraction of sp³-hybridized carbons (Fsp3) is 0. The molecule has 0 aromatic carbocycles. The highest BCUT2D eigenvalue weighted by atomic mass is 32.1. The zero-order valence-corrected chi connectivity index (χ0v) is 6.45. The van der Waals surface area contributed by atoms with Crippen LogP contribution in [0.4, 0.5) is 5.69 Å². The Morgan fingerprint density at radius 3 is 2.64 bits per heavy atom. The molecular formula is C6H6N4S. The van der Waals surface area contributed by atoms with Crippen LogP contribution in [0.25, 0.3) is 5.00 Å². The van der Waals surface area contributed by atoms with Gasteiger partial charge in [-0.3, -0.25) is 0 Å². The zero-order valence-electron chi connectivity index (χ0n) is 5.64. The standard InChI is InChI=1S/C6H6N4S/c7-5-1-4-11-6(5)10-8-2-3-9-10/h1-4H,7H2. The van der Waals surface area contributed by atoms with Gasteiger partial charge in [-0.25, -0.2) is 0 Å². The third kappa shape index (κ3) is 0.988. The maximum absolute atomic E-state index is 5.64. The Morgan fingerprint density at radius 2 is 2.09 bits per heavy atom. The van der Waals surface area contributed by atoms with Crippen molar-refractivity contribution in [2.45, 2.75) is 0 Å². The fourth-order valence-corrected chi connectivity index (χ4v) is 1.53. The number of nitrogens with zero attached hydrogens (tertiary/aromatic N) is 3. The second-order valence-electron chi connectivity index (χ2n) is 2.00. The van der Waals surface area contributed by atoms with Crippen molar-refractivity contribution in [1.82, 2.24) is 15.0 Å². The monoisotopic (exact) mass is 166 g/mol. The lowest BCUT2D eigenvalue weighted by atomic mass is 10.5. The molecule has 0 saturated carbocycles. The number of rotatable bonds is 1. The maximum Gasteiger partial charge on any atom is 0.161 e. The highest BCUT2D eigenvalue weighted by Crippen LogP contribution is 2.21. The first kappa shape index (κ1) is 6.36. The van der Waals surface area contributed by atoms with E-state index in [-0.39, 0.29) is 0 Å². The predicted molar refractivity (Wildman–Crippen MR) is 43.6 cm³/mol. The van der Waals surface area contributed by atoms with E-state index in [0.29, 0.717) is 5.69 Å². The van der Waals surface area contributed by atoms with Crippen molar-refractivity contribution in [1.29, 1.82) is 0 Å². The van der Waals surface area contributed by atoms with E-state index in [4.69, 9.17) is 5.73 Å². The minimum absolute atomic E-state index is 0.714. The van der Waals surface area contributed by atoms with Gasteiger partial charge in [-0.1, -0.05) is 0 Å². The molecule has 11 heavy (non-hydrogen) atoms. The third-order valence-corrected chi connectivity index (χ3v) is 2.17. The molecule has 0 unspecified atom stereocenters. The molecule has 0 spiro atoms. The molecule has 2 heterocycles. The first-order valence-electron chi connectivity index (χ1n) is 3.07. The Balaban J connectivity index is 2.53. The van der Waals surface area contributed by atoms with Gasteiger partial charge < -0.3 is 5.73 Å². The molecule has 0 atom stereocenters. The zero-order chi connectivity index (χ0) is 7.68. The number of hydrogen-bond acceptors (Lipinski definition) is 4. The maximum atomic E-state index is 5.64. The Labute approximate surface area is 67.3 Å². The number of nitrogen functional groups attached to an aromatic ring is 1. The van der Waals surface area contributed by atoms with Gasteiger partial charge in [0.1, 0.15) is 0 Å². The summed E-state index contributed by atoms with van der Waals surface area (Å²) in [5.41, 5.74) is 6.36. The van der Waals surface area contributed by atoms with Crippen LogP contribution in [0.2, 0.25) is 0 Å². The molecule has 0 aliphatic carbocycles. The summed E-state index contributed by atoms with van der Waals surface area (Å²) in [6, 6.07) is 1.84. The average molecular weight is 166 g/mol. The highest BCUT2D eigenvalue weighted by Gasteiger charge is 2.02. The van der Waals surface area contributed by atoms with Gasteiger partial charge in [0.2, 0.25) is 0 Å². The van der Waals surface area contributed by atoms with Gasteiger partial charge in [0.15, 0.2) is 5.00 Å². The van der Waals surface area contributed by atoms with Crippen molar-refractivity contribution < 1.29 is 0 Å². The SMILES string of the molecule is Nc1ccsc1-n1nccn1. The van der Waals surface area contributed by atoms with E-state index in [1.165, 1.54) is 16.1 Å². The van der Waals surface area contributed by atoms with E-state index in [9.17, 15) is 0 Å². The molecule has 0 bridgehead atoms. The highest BCUT2D eigenvalue weighted by molar-refractivity contribution is 7.13. The van der Waals surface area contributed by atoms with Crippen LogP contribution in [-0.4, -0.2) is 15.0 Å². The smallest absolute Gasteiger partial charge is 0.161 e. The quantitative estimate of drug-likeness (QED) is 0.685. The van der Waals surface area contributed by atoms with Crippen LogP contribution in [-0.2, 0) is 0 Å². The van der Waals surface area contributed by atoms with Crippen molar-refractivity contribution in [3.05, 3.63) is 23.8 Å². The van der Waals surface area contributed by atoms with Crippen molar-refractivity contribution >= 4 is 17.0 Å². The molecule has 4 nitrogen and oxygen atoms in total. The average Bonchev–Trinajstić information content (AvgIpc) is 2.55. The van der Waals surface area contributed by atoms with Crippen LogP contribution in [0.15, 0.2) is 23.8 Å². The number of thiophene rings is 1. The summed E-state index contributed by atoms with van der Waals surface area (Å²) < 4.78 is 0. The molecule has 56 valence electrons. The molecule has 0 amide bonds. The van der Waals surface area contributed by atoms with Gasteiger partial charge >= 0.3 is 0 Å². The number of anilines is 1. The van der Waals surface area contributed by atoms with E-state index < -0.39 is 0 Å². The van der Waals surface area contributed by atoms with Gasteiger partial charge in [-0.2, -0.15) is 10.2 Å². The van der Waals surface area contributed by atoms with Gasteiger partial charge in [-0.15, -0.1) is 16.1 Å². The minimum Gasteiger partial charge on any atom is -0.396 e. The lowest BCUT2D eigenvalue weighted by molar-refractivity contribution is 0.766. The normalized spacial score (nSPS) is 10.2. The van der Waals surface area contributed by atoms with Crippen molar-refractivity contribution in [3.8, 4) is 5.00 Å². The van der Waals surface area contributed by atoms with Gasteiger partial charge in [0.25, 0.3) is 0 Å². The second-order valence-corrected chi connectivity index (χ2v) is 2.89. The largest absolute Gasteiger partial charge is 0.396 e. The summed E-state index contributed by atoms with van der Waals surface area (Å²) in [7, 11) is 0. The molecule has 2 aromatic heterocycles.